The maximum atomic E-state index is 4.53. The first-order chi connectivity index (χ1) is 2.89. The Morgan fingerprint density at radius 2 is 2.57 bits per heavy atom. The molecule has 0 spiro atoms. The predicted octanol–water partition coefficient (Wildman–Crippen LogP) is -2.21. The second-order valence-electron chi connectivity index (χ2n) is 1.07. The van der Waals surface area contributed by atoms with Crippen LogP contribution >= 0.6 is 0 Å². The molecule has 7 heavy (non-hydrogen) atoms. The van der Waals surface area contributed by atoms with Gasteiger partial charge in [0.25, 0.3) is 0 Å². The summed E-state index contributed by atoms with van der Waals surface area (Å²) in [4.78, 5) is 0. The van der Waals surface area contributed by atoms with Crippen LogP contribution in [-0.2, 0) is 0 Å². The molecule has 0 N–H and O–H groups in total. The Bertz CT molecular complexity index is 115. The van der Waals surface area contributed by atoms with Gasteiger partial charge < -0.3 is 4.52 Å². The summed E-state index contributed by atoms with van der Waals surface area (Å²) in [5.74, 6) is 0.801. The minimum atomic E-state index is 0. The van der Waals surface area contributed by atoms with E-state index in [2.05, 4.69) is 15.9 Å². The van der Waals surface area contributed by atoms with Gasteiger partial charge in [-0.25, -0.2) is 5.16 Å². The molecule has 1 aromatic heterocycles. The van der Waals surface area contributed by atoms with E-state index in [1.165, 1.54) is 0 Å². The van der Waals surface area contributed by atoms with E-state index in [9.17, 15) is 0 Å². The predicted molar refractivity (Wildman–Crippen MR) is 20.1 cm³/mol. The number of hydrogen-bond donors (Lipinski definition) is 0. The average Bonchev–Trinajstić information content (AvgIpc) is 1.86. The van der Waals surface area contributed by atoms with Crippen LogP contribution in [0.3, 0.4) is 0 Å². The van der Waals surface area contributed by atoms with Gasteiger partial charge in [0.1, 0.15) is 0 Å². The van der Waals surface area contributed by atoms with Crippen molar-refractivity contribution in [2.45, 2.75) is 6.92 Å². The van der Waals surface area contributed by atoms with E-state index in [1.807, 2.05) is 6.92 Å². The summed E-state index contributed by atoms with van der Waals surface area (Å²) in [5, 5.41) is 3.32. The van der Waals surface area contributed by atoms with E-state index >= 15 is 0 Å². The molecule has 0 aliphatic carbocycles. The molecule has 1 heterocycles. The molecular weight excluding hydrogens is 164 g/mol. The van der Waals surface area contributed by atoms with Gasteiger partial charge in [0.2, 0.25) is 0 Å². The van der Waals surface area contributed by atoms with Crippen LogP contribution in [0.1, 0.15) is 5.76 Å². The molecule has 2 nitrogen and oxygen atoms in total. The van der Waals surface area contributed by atoms with Crippen molar-refractivity contribution in [3.05, 3.63) is 18.0 Å². The van der Waals surface area contributed by atoms with Gasteiger partial charge in [-0.3, -0.25) is 0 Å². The van der Waals surface area contributed by atoms with Crippen molar-refractivity contribution < 1.29 is 62.7 Å². The van der Waals surface area contributed by atoms with Crippen LogP contribution in [0.5, 0.6) is 0 Å². The monoisotopic (exact) mass is 167 g/mol. The topological polar surface area (TPSA) is 26.0 Å². The van der Waals surface area contributed by atoms with E-state index in [0.29, 0.717) is 0 Å². The molecular formula is C4H4NORb. The number of nitrogens with zero attached hydrogens (tertiary/aromatic N) is 1. The normalized spacial score (nSPS) is 7.57. The summed E-state index contributed by atoms with van der Waals surface area (Å²) < 4.78 is 4.53. The third-order valence-corrected chi connectivity index (χ3v) is 0.510. The van der Waals surface area contributed by atoms with Gasteiger partial charge >= 0.3 is 58.2 Å². The van der Waals surface area contributed by atoms with E-state index in [4.69, 9.17) is 0 Å². The minimum absolute atomic E-state index is 0. The van der Waals surface area contributed by atoms with Crippen molar-refractivity contribution in [1.29, 1.82) is 0 Å². The average molecular weight is 168 g/mol. The van der Waals surface area contributed by atoms with Crippen molar-refractivity contribution in [2.24, 2.45) is 0 Å². The zero-order valence-corrected chi connectivity index (χ0v) is 9.35. The summed E-state index contributed by atoms with van der Waals surface area (Å²) in [6.07, 6.45) is 2.51. The number of aromatic nitrogens is 1. The van der Waals surface area contributed by atoms with Crippen LogP contribution in [0.15, 0.2) is 10.6 Å². The van der Waals surface area contributed by atoms with Crippen molar-refractivity contribution in [2.75, 3.05) is 0 Å². The van der Waals surface area contributed by atoms with E-state index in [1.54, 1.807) is 6.07 Å². The fraction of sp³-hybridized carbons (Fsp3) is 0.250. The minimum Gasteiger partial charge on any atom is -0.471 e. The van der Waals surface area contributed by atoms with Crippen LogP contribution < -0.4 is 58.2 Å². The quantitative estimate of drug-likeness (QED) is 0.410. The molecule has 0 aliphatic heterocycles. The largest absolute Gasteiger partial charge is 1.00 e. The van der Waals surface area contributed by atoms with Crippen molar-refractivity contribution in [1.82, 2.24) is 5.16 Å². The smallest absolute Gasteiger partial charge is 0.471 e. The van der Waals surface area contributed by atoms with E-state index in [-0.39, 0.29) is 58.2 Å². The standard InChI is InChI=1S/C4H4NO.Rb/c1-4-2-3-5-6-4;/h2H,1H3;/q-1;+1. The Morgan fingerprint density at radius 1 is 1.86 bits per heavy atom. The molecule has 0 aliphatic rings. The Labute approximate surface area is 91.1 Å². The van der Waals surface area contributed by atoms with Crippen molar-refractivity contribution in [3.63, 3.8) is 0 Å². The van der Waals surface area contributed by atoms with E-state index < -0.39 is 0 Å². The fourth-order valence-corrected chi connectivity index (χ4v) is 0.242. The first-order valence-corrected chi connectivity index (χ1v) is 1.69. The third kappa shape index (κ3) is 2.75. The second-order valence-corrected chi connectivity index (χ2v) is 1.07. The molecule has 0 unspecified atom stereocenters. The van der Waals surface area contributed by atoms with Crippen LogP contribution in [-0.4, -0.2) is 5.16 Å². The molecule has 0 saturated carbocycles. The SMILES string of the molecule is Cc1c[c-]no1.[Rb+]. The van der Waals surface area contributed by atoms with Crippen LogP contribution in [0.25, 0.3) is 0 Å². The van der Waals surface area contributed by atoms with Crippen molar-refractivity contribution >= 4 is 0 Å². The van der Waals surface area contributed by atoms with Gasteiger partial charge in [0.15, 0.2) is 0 Å². The molecule has 3 heteroatoms. The summed E-state index contributed by atoms with van der Waals surface area (Å²) in [6, 6.07) is 1.68. The maximum Gasteiger partial charge on any atom is 1.00 e. The zero-order valence-electron chi connectivity index (χ0n) is 4.43. The molecule has 0 amide bonds. The summed E-state index contributed by atoms with van der Waals surface area (Å²) >= 11 is 0. The summed E-state index contributed by atoms with van der Waals surface area (Å²) in [7, 11) is 0. The Hall–Kier alpha value is 1.02. The number of rotatable bonds is 0. The van der Waals surface area contributed by atoms with Crippen LogP contribution in [0, 0.1) is 13.1 Å². The number of hydrogen-bond acceptors (Lipinski definition) is 2. The Morgan fingerprint density at radius 3 is 2.71 bits per heavy atom. The molecule has 0 fully saturated rings. The van der Waals surface area contributed by atoms with Crippen LogP contribution in [0.4, 0.5) is 0 Å². The molecule has 0 aromatic carbocycles. The summed E-state index contributed by atoms with van der Waals surface area (Å²) in [5.41, 5.74) is 0. The molecule has 0 radical (unpaired) electrons. The number of aryl methyl sites for hydroxylation is 1. The second kappa shape index (κ2) is 3.95. The molecule has 0 atom stereocenters. The molecule has 1 rings (SSSR count). The van der Waals surface area contributed by atoms with Gasteiger partial charge in [-0.15, -0.1) is 6.20 Å². The van der Waals surface area contributed by atoms with Gasteiger partial charge in [-0.2, -0.15) is 6.07 Å². The van der Waals surface area contributed by atoms with Crippen molar-refractivity contribution in [3.8, 4) is 0 Å². The van der Waals surface area contributed by atoms with Gasteiger partial charge in [-0.1, -0.05) is 6.92 Å². The van der Waals surface area contributed by atoms with Gasteiger partial charge in [-0.05, 0) is 5.76 Å². The third-order valence-electron chi connectivity index (χ3n) is 0.510. The molecule has 0 bridgehead atoms. The fourth-order valence-electron chi connectivity index (χ4n) is 0.242. The zero-order chi connectivity index (χ0) is 4.41. The Kier molecular flexibility index (Phi) is 4.52. The maximum absolute atomic E-state index is 4.53. The molecule has 1 aromatic rings. The van der Waals surface area contributed by atoms with Gasteiger partial charge in [0.05, 0.1) is 0 Å². The first-order valence-electron chi connectivity index (χ1n) is 1.69. The first kappa shape index (κ1) is 8.02. The van der Waals surface area contributed by atoms with E-state index in [0.717, 1.165) is 5.76 Å². The molecule has 32 valence electrons. The molecule has 0 saturated heterocycles. The van der Waals surface area contributed by atoms with Crippen LogP contribution in [0.2, 0.25) is 0 Å². The van der Waals surface area contributed by atoms with Gasteiger partial charge in [0, 0.05) is 0 Å². The summed E-state index contributed by atoms with van der Waals surface area (Å²) in [6.45, 7) is 1.82. The Balaban J connectivity index is 0.000000360.